The third-order valence-electron chi connectivity index (χ3n) is 2.80. The molecule has 0 radical (unpaired) electrons. The molecule has 0 aromatic carbocycles. The predicted octanol–water partition coefficient (Wildman–Crippen LogP) is 1.31. The Balaban J connectivity index is 2.45. The minimum Gasteiger partial charge on any atom is -0.466 e. The van der Waals surface area contributed by atoms with E-state index in [1.54, 1.807) is 0 Å². The Labute approximate surface area is 79.6 Å². The van der Waals surface area contributed by atoms with Crippen LogP contribution in [0.5, 0.6) is 0 Å². The van der Waals surface area contributed by atoms with Crippen LogP contribution in [0.4, 0.5) is 0 Å². The molecule has 3 nitrogen and oxygen atoms in total. The standard InChI is InChI=1S/C10H19NO2/c1-3-13-10(12)9-5-4-8(11)6-7(9)2/h7-9H,3-6,11H2,1-2H3/t7-,8-,9+/m0/s1. The molecule has 0 spiro atoms. The van der Waals surface area contributed by atoms with E-state index < -0.39 is 0 Å². The van der Waals surface area contributed by atoms with Crippen molar-refractivity contribution in [2.75, 3.05) is 6.61 Å². The van der Waals surface area contributed by atoms with E-state index in [1.165, 1.54) is 0 Å². The SMILES string of the molecule is CCOC(=O)[C@@H]1CC[C@H](N)C[C@@H]1C. The highest BCUT2D eigenvalue weighted by molar-refractivity contribution is 5.72. The van der Waals surface area contributed by atoms with Gasteiger partial charge in [0.2, 0.25) is 0 Å². The van der Waals surface area contributed by atoms with Crippen LogP contribution in [0.2, 0.25) is 0 Å². The highest BCUT2D eigenvalue weighted by Crippen LogP contribution is 2.29. The van der Waals surface area contributed by atoms with Crippen molar-refractivity contribution in [2.45, 2.75) is 39.2 Å². The fourth-order valence-corrected chi connectivity index (χ4v) is 2.04. The van der Waals surface area contributed by atoms with Crippen molar-refractivity contribution in [3.63, 3.8) is 0 Å². The smallest absolute Gasteiger partial charge is 0.309 e. The zero-order chi connectivity index (χ0) is 9.84. The minimum absolute atomic E-state index is 0.0399. The van der Waals surface area contributed by atoms with Crippen molar-refractivity contribution >= 4 is 5.97 Å². The summed E-state index contributed by atoms with van der Waals surface area (Å²) in [6.07, 6.45) is 2.79. The first kappa shape index (κ1) is 10.5. The van der Waals surface area contributed by atoms with Crippen LogP contribution in [0, 0.1) is 11.8 Å². The van der Waals surface area contributed by atoms with Gasteiger partial charge in [0.05, 0.1) is 12.5 Å². The van der Waals surface area contributed by atoms with Gasteiger partial charge in [0.15, 0.2) is 0 Å². The maximum absolute atomic E-state index is 11.5. The summed E-state index contributed by atoms with van der Waals surface area (Å²) in [5.41, 5.74) is 5.81. The van der Waals surface area contributed by atoms with Crippen LogP contribution in [-0.4, -0.2) is 18.6 Å². The second-order valence-corrected chi connectivity index (χ2v) is 3.91. The Morgan fingerprint density at radius 2 is 2.23 bits per heavy atom. The summed E-state index contributed by atoms with van der Waals surface area (Å²) >= 11 is 0. The van der Waals surface area contributed by atoms with Gasteiger partial charge in [-0.25, -0.2) is 0 Å². The average Bonchev–Trinajstić information content (AvgIpc) is 2.04. The van der Waals surface area contributed by atoms with Gasteiger partial charge in [-0.2, -0.15) is 0 Å². The monoisotopic (exact) mass is 185 g/mol. The van der Waals surface area contributed by atoms with E-state index in [9.17, 15) is 4.79 Å². The molecule has 1 saturated carbocycles. The number of hydrogen-bond acceptors (Lipinski definition) is 3. The molecular weight excluding hydrogens is 166 g/mol. The zero-order valence-corrected chi connectivity index (χ0v) is 8.45. The molecule has 0 saturated heterocycles. The van der Waals surface area contributed by atoms with Crippen LogP contribution in [0.1, 0.15) is 33.1 Å². The Morgan fingerprint density at radius 1 is 1.54 bits per heavy atom. The van der Waals surface area contributed by atoms with E-state index in [0.29, 0.717) is 12.5 Å². The molecule has 1 aliphatic rings. The normalized spacial score (nSPS) is 34.2. The van der Waals surface area contributed by atoms with Crippen molar-refractivity contribution < 1.29 is 9.53 Å². The molecule has 0 amide bonds. The summed E-state index contributed by atoms with van der Waals surface area (Å²) < 4.78 is 5.01. The highest BCUT2D eigenvalue weighted by Gasteiger charge is 2.31. The Morgan fingerprint density at radius 3 is 2.77 bits per heavy atom. The number of carbonyl (C=O) groups excluding carboxylic acids is 1. The van der Waals surface area contributed by atoms with Gasteiger partial charge in [-0.3, -0.25) is 4.79 Å². The van der Waals surface area contributed by atoms with Crippen molar-refractivity contribution in [3.8, 4) is 0 Å². The molecular formula is C10H19NO2. The van der Waals surface area contributed by atoms with Gasteiger partial charge in [-0.1, -0.05) is 6.92 Å². The van der Waals surface area contributed by atoms with Gasteiger partial charge >= 0.3 is 5.97 Å². The largest absolute Gasteiger partial charge is 0.466 e. The lowest BCUT2D eigenvalue weighted by Gasteiger charge is -2.30. The van der Waals surface area contributed by atoms with E-state index in [0.717, 1.165) is 19.3 Å². The van der Waals surface area contributed by atoms with Crippen LogP contribution in [0.25, 0.3) is 0 Å². The fraction of sp³-hybridized carbons (Fsp3) is 0.900. The summed E-state index contributed by atoms with van der Waals surface area (Å²) in [4.78, 5) is 11.5. The number of rotatable bonds is 2. The van der Waals surface area contributed by atoms with Crippen LogP contribution in [0.15, 0.2) is 0 Å². The summed E-state index contributed by atoms with van der Waals surface area (Å²) in [6, 6.07) is 0.278. The molecule has 2 N–H and O–H groups in total. The quantitative estimate of drug-likeness (QED) is 0.660. The maximum Gasteiger partial charge on any atom is 0.309 e. The second-order valence-electron chi connectivity index (χ2n) is 3.91. The van der Waals surface area contributed by atoms with Crippen molar-refractivity contribution in [1.29, 1.82) is 0 Å². The van der Waals surface area contributed by atoms with Crippen molar-refractivity contribution in [1.82, 2.24) is 0 Å². The molecule has 3 atom stereocenters. The molecule has 1 aliphatic carbocycles. The summed E-state index contributed by atoms with van der Waals surface area (Å²) in [6.45, 7) is 4.41. The highest BCUT2D eigenvalue weighted by atomic mass is 16.5. The van der Waals surface area contributed by atoms with Gasteiger partial charge in [0.25, 0.3) is 0 Å². The molecule has 0 aliphatic heterocycles. The Hall–Kier alpha value is -0.570. The number of esters is 1. The molecule has 0 aromatic rings. The van der Waals surface area contributed by atoms with E-state index in [2.05, 4.69) is 6.92 Å². The van der Waals surface area contributed by atoms with E-state index in [4.69, 9.17) is 10.5 Å². The van der Waals surface area contributed by atoms with Gasteiger partial charge in [-0.05, 0) is 32.1 Å². The lowest BCUT2D eigenvalue weighted by atomic mass is 9.78. The topological polar surface area (TPSA) is 52.3 Å². The summed E-state index contributed by atoms with van der Waals surface area (Å²) in [5, 5.41) is 0. The molecule has 3 heteroatoms. The maximum atomic E-state index is 11.5. The second kappa shape index (κ2) is 4.61. The first-order chi connectivity index (χ1) is 6.15. The summed E-state index contributed by atoms with van der Waals surface area (Å²) in [5.74, 6) is 0.421. The van der Waals surface area contributed by atoms with Crippen LogP contribution in [0.3, 0.4) is 0 Å². The lowest BCUT2D eigenvalue weighted by Crippen LogP contribution is -2.36. The van der Waals surface area contributed by atoms with Crippen LogP contribution < -0.4 is 5.73 Å². The van der Waals surface area contributed by atoms with Gasteiger partial charge < -0.3 is 10.5 Å². The van der Waals surface area contributed by atoms with Crippen LogP contribution >= 0.6 is 0 Å². The third kappa shape index (κ3) is 2.69. The average molecular weight is 185 g/mol. The van der Waals surface area contributed by atoms with Gasteiger partial charge in [-0.15, -0.1) is 0 Å². The molecule has 13 heavy (non-hydrogen) atoms. The molecule has 0 unspecified atom stereocenters. The van der Waals surface area contributed by atoms with E-state index in [-0.39, 0.29) is 17.9 Å². The molecule has 0 heterocycles. The molecule has 0 bridgehead atoms. The molecule has 0 aromatic heterocycles. The first-order valence-corrected chi connectivity index (χ1v) is 5.07. The number of hydrogen-bond donors (Lipinski definition) is 1. The predicted molar refractivity (Wildman–Crippen MR) is 51.1 cm³/mol. The number of ether oxygens (including phenoxy) is 1. The lowest BCUT2D eigenvalue weighted by molar-refractivity contribution is -0.151. The van der Waals surface area contributed by atoms with Crippen molar-refractivity contribution in [2.24, 2.45) is 17.6 Å². The summed E-state index contributed by atoms with van der Waals surface area (Å²) in [7, 11) is 0. The molecule has 1 rings (SSSR count). The Kier molecular flexibility index (Phi) is 3.72. The fourth-order valence-electron chi connectivity index (χ4n) is 2.04. The van der Waals surface area contributed by atoms with Crippen molar-refractivity contribution in [3.05, 3.63) is 0 Å². The van der Waals surface area contributed by atoms with Gasteiger partial charge in [0, 0.05) is 6.04 Å². The number of carbonyl (C=O) groups is 1. The van der Waals surface area contributed by atoms with E-state index in [1.807, 2.05) is 6.92 Å². The first-order valence-electron chi connectivity index (χ1n) is 5.07. The third-order valence-corrected chi connectivity index (χ3v) is 2.80. The van der Waals surface area contributed by atoms with E-state index >= 15 is 0 Å². The van der Waals surface area contributed by atoms with Gasteiger partial charge in [0.1, 0.15) is 0 Å². The number of nitrogens with two attached hydrogens (primary N) is 1. The minimum atomic E-state index is -0.0399. The zero-order valence-electron chi connectivity index (χ0n) is 8.45. The van der Waals surface area contributed by atoms with Crippen LogP contribution in [-0.2, 0) is 9.53 Å². The molecule has 1 fully saturated rings. The molecule has 76 valence electrons. The Bertz CT molecular complexity index is 182.